The summed E-state index contributed by atoms with van der Waals surface area (Å²) < 4.78 is 26.6. The van der Waals surface area contributed by atoms with Gasteiger partial charge in [-0.25, -0.2) is 13.4 Å². The number of benzene rings is 1. The van der Waals surface area contributed by atoms with Crippen LogP contribution in [0.4, 0.5) is 11.5 Å². The van der Waals surface area contributed by atoms with Gasteiger partial charge in [-0.15, -0.1) is 0 Å². The molecule has 1 heterocycles. The summed E-state index contributed by atoms with van der Waals surface area (Å²) in [4.78, 5) is 13.6. The standard InChI is InChI=1S/C12H11N3O4S/c1-9-6-7-13-12(8-9)14-20(18,19)11-5-3-2-4-10(11)15(16)17/h2-8H,1H3,(H,13,14). The van der Waals surface area contributed by atoms with Gasteiger partial charge in [0.25, 0.3) is 15.7 Å². The maximum atomic E-state index is 12.2. The largest absolute Gasteiger partial charge is 0.289 e. The molecule has 0 atom stereocenters. The predicted molar refractivity (Wildman–Crippen MR) is 72.9 cm³/mol. The van der Waals surface area contributed by atoms with E-state index in [9.17, 15) is 18.5 Å². The predicted octanol–water partition coefficient (Wildman–Crippen LogP) is 2.10. The Morgan fingerprint density at radius 3 is 2.60 bits per heavy atom. The van der Waals surface area contributed by atoms with Crippen molar-refractivity contribution in [1.82, 2.24) is 4.98 Å². The van der Waals surface area contributed by atoms with Crippen molar-refractivity contribution in [1.29, 1.82) is 0 Å². The van der Waals surface area contributed by atoms with E-state index in [1.807, 2.05) is 0 Å². The number of pyridine rings is 1. The van der Waals surface area contributed by atoms with Gasteiger partial charge in [0.1, 0.15) is 5.82 Å². The van der Waals surface area contributed by atoms with E-state index >= 15 is 0 Å². The third-order valence-corrected chi connectivity index (χ3v) is 3.91. The number of nitrogens with zero attached hydrogens (tertiary/aromatic N) is 2. The van der Waals surface area contributed by atoms with E-state index in [1.165, 1.54) is 30.5 Å². The van der Waals surface area contributed by atoms with Gasteiger partial charge in [-0.2, -0.15) is 0 Å². The number of sulfonamides is 1. The molecule has 8 heteroatoms. The number of nitro benzene ring substituents is 1. The van der Waals surface area contributed by atoms with Crippen LogP contribution in [0.25, 0.3) is 0 Å². The highest BCUT2D eigenvalue weighted by atomic mass is 32.2. The van der Waals surface area contributed by atoms with Crippen molar-refractivity contribution in [2.75, 3.05) is 4.72 Å². The molecule has 0 saturated heterocycles. The second-order valence-electron chi connectivity index (χ2n) is 4.05. The molecule has 0 aliphatic heterocycles. The summed E-state index contributed by atoms with van der Waals surface area (Å²) in [5.41, 5.74) is 0.341. The fraction of sp³-hybridized carbons (Fsp3) is 0.0833. The maximum Gasteiger partial charge on any atom is 0.289 e. The lowest BCUT2D eigenvalue weighted by Gasteiger charge is -2.07. The van der Waals surface area contributed by atoms with Crippen LogP contribution in [0.5, 0.6) is 0 Å². The number of nitrogens with one attached hydrogen (secondary N) is 1. The van der Waals surface area contributed by atoms with Crippen LogP contribution in [0.3, 0.4) is 0 Å². The van der Waals surface area contributed by atoms with Gasteiger partial charge < -0.3 is 0 Å². The Balaban J connectivity index is 2.44. The van der Waals surface area contributed by atoms with Gasteiger partial charge >= 0.3 is 0 Å². The van der Waals surface area contributed by atoms with Crippen LogP contribution in [0.15, 0.2) is 47.5 Å². The molecule has 0 amide bonds. The minimum atomic E-state index is -4.06. The molecule has 0 unspecified atom stereocenters. The average molecular weight is 293 g/mol. The average Bonchev–Trinajstić information content (AvgIpc) is 2.38. The molecule has 0 aliphatic rings. The molecular formula is C12H11N3O4S. The Hall–Kier alpha value is -2.48. The summed E-state index contributed by atoms with van der Waals surface area (Å²) in [6.45, 7) is 1.78. The molecule has 0 saturated carbocycles. The number of aryl methyl sites for hydroxylation is 1. The fourth-order valence-corrected chi connectivity index (χ4v) is 2.79. The van der Waals surface area contributed by atoms with Gasteiger partial charge in [0.05, 0.1) is 4.92 Å². The van der Waals surface area contributed by atoms with Crippen LogP contribution in [-0.4, -0.2) is 18.3 Å². The SMILES string of the molecule is Cc1ccnc(NS(=O)(=O)c2ccccc2[N+](=O)[O-])c1. The number of nitro groups is 1. The molecule has 0 bridgehead atoms. The second kappa shape index (κ2) is 5.25. The molecule has 0 spiro atoms. The molecule has 1 aromatic heterocycles. The van der Waals surface area contributed by atoms with Gasteiger partial charge in [-0.05, 0) is 30.7 Å². The van der Waals surface area contributed by atoms with Crippen molar-refractivity contribution in [2.45, 2.75) is 11.8 Å². The van der Waals surface area contributed by atoms with Crippen LogP contribution in [0, 0.1) is 17.0 Å². The van der Waals surface area contributed by atoms with Crippen molar-refractivity contribution in [3.8, 4) is 0 Å². The number of para-hydroxylation sites is 1. The van der Waals surface area contributed by atoms with Crippen LogP contribution in [0.2, 0.25) is 0 Å². The van der Waals surface area contributed by atoms with Gasteiger partial charge in [-0.1, -0.05) is 12.1 Å². The van der Waals surface area contributed by atoms with E-state index in [1.54, 1.807) is 13.0 Å². The first-order valence-corrected chi connectivity index (χ1v) is 7.07. The summed E-state index contributed by atoms with van der Waals surface area (Å²) in [7, 11) is -4.06. The Morgan fingerprint density at radius 1 is 1.25 bits per heavy atom. The summed E-state index contributed by atoms with van der Waals surface area (Å²) in [6, 6.07) is 8.39. The highest BCUT2D eigenvalue weighted by Crippen LogP contribution is 2.24. The molecule has 20 heavy (non-hydrogen) atoms. The highest BCUT2D eigenvalue weighted by Gasteiger charge is 2.25. The zero-order valence-corrected chi connectivity index (χ0v) is 11.3. The minimum Gasteiger partial charge on any atom is -0.263 e. The summed E-state index contributed by atoms with van der Waals surface area (Å²) in [5.74, 6) is 0.114. The first kappa shape index (κ1) is 13.9. The van der Waals surface area contributed by atoms with E-state index in [4.69, 9.17) is 0 Å². The van der Waals surface area contributed by atoms with Gasteiger partial charge in [0.2, 0.25) is 0 Å². The molecule has 0 fully saturated rings. The van der Waals surface area contributed by atoms with Crippen molar-refractivity contribution in [3.05, 3.63) is 58.3 Å². The first-order chi connectivity index (χ1) is 9.40. The second-order valence-corrected chi connectivity index (χ2v) is 5.70. The Labute approximate surface area is 115 Å². The van der Waals surface area contributed by atoms with Crippen molar-refractivity contribution >= 4 is 21.5 Å². The molecule has 1 aromatic carbocycles. The van der Waals surface area contributed by atoms with Crippen molar-refractivity contribution < 1.29 is 13.3 Å². The number of hydrogen-bond acceptors (Lipinski definition) is 5. The molecular weight excluding hydrogens is 282 g/mol. The van der Waals surface area contributed by atoms with E-state index in [-0.39, 0.29) is 5.82 Å². The topological polar surface area (TPSA) is 102 Å². The molecule has 104 valence electrons. The molecule has 2 aromatic rings. The maximum absolute atomic E-state index is 12.2. The lowest BCUT2D eigenvalue weighted by Crippen LogP contribution is -2.15. The van der Waals surface area contributed by atoms with E-state index in [0.717, 1.165) is 11.6 Å². The smallest absolute Gasteiger partial charge is 0.263 e. The summed E-state index contributed by atoms with van der Waals surface area (Å²) in [5, 5.41) is 10.9. The summed E-state index contributed by atoms with van der Waals surface area (Å²) >= 11 is 0. The number of rotatable bonds is 4. The van der Waals surface area contributed by atoms with Gasteiger partial charge in [0, 0.05) is 12.3 Å². The minimum absolute atomic E-state index is 0.114. The summed E-state index contributed by atoms with van der Waals surface area (Å²) in [6.07, 6.45) is 1.45. The molecule has 7 nitrogen and oxygen atoms in total. The van der Waals surface area contributed by atoms with Gasteiger partial charge in [-0.3, -0.25) is 14.8 Å². The molecule has 1 N–H and O–H groups in total. The third-order valence-electron chi connectivity index (χ3n) is 2.51. The Kier molecular flexibility index (Phi) is 3.66. The van der Waals surface area contributed by atoms with E-state index < -0.39 is 25.5 Å². The molecule has 0 radical (unpaired) electrons. The third kappa shape index (κ3) is 2.91. The van der Waals surface area contributed by atoms with Crippen LogP contribution < -0.4 is 4.72 Å². The van der Waals surface area contributed by atoms with Crippen LogP contribution >= 0.6 is 0 Å². The fourth-order valence-electron chi connectivity index (χ4n) is 1.62. The lowest BCUT2D eigenvalue weighted by molar-refractivity contribution is -0.387. The van der Waals surface area contributed by atoms with E-state index in [2.05, 4.69) is 9.71 Å². The number of aromatic nitrogens is 1. The van der Waals surface area contributed by atoms with Crippen LogP contribution in [-0.2, 0) is 10.0 Å². The molecule has 0 aliphatic carbocycles. The van der Waals surface area contributed by atoms with Crippen molar-refractivity contribution in [3.63, 3.8) is 0 Å². The normalized spacial score (nSPS) is 11.1. The monoisotopic (exact) mass is 293 g/mol. The zero-order chi connectivity index (χ0) is 14.8. The first-order valence-electron chi connectivity index (χ1n) is 5.59. The van der Waals surface area contributed by atoms with Crippen molar-refractivity contribution in [2.24, 2.45) is 0 Å². The Morgan fingerprint density at radius 2 is 1.95 bits per heavy atom. The molecule has 2 rings (SSSR count). The Bertz CT molecular complexity index is 759. The number of anilines is 1. The van der Waals surface area contributed by atoms with E-state index in [0.29, 0.717) is 0 Å². The van der Waals surface area contributed by atoms with Gasteiger partial charge in [0.15, 0.2) is 4.90 Å². The zero-order valence-electron chi connectivity index (χ0n) is 10.5. The van der Waals surface area contributed by atoms with Crippen LogP contribution in [0.1, 0.15) is 5.56 Å². The lowest BCUT2D eigenvalue weighted by atomic mass is 10.3. The highest BCUT2D eigenvalue weighted by molar-refractivity contribution is 7.92. The quantitative estimate of drug-likeness (QED) is 0.687. The number of hydrogen-bond donors (Lipinski definition) is 1.